The minimum atomic E-state index is -4.65. The van der Waals surface area contributed by atoms with Crippen molar-refractivity contribution in [3.63, 3.8) is 0 Å². The number of hydrogen-bond acceptors (Lipinski definition) is 3. The Bertz CT molecular complexity index is 1170. The zero-order valence-corrected chi connectivity index (χ0v) is 16.6. The third-order valence-electron chi connectivity index (χ3n) is 5.44. The van der Waals surface area contributed by atoms with Gasteiger partial charge in [-0.15, -0.1) is 10.2 Å². The quantitative estimate of drug-likeness (QED) is 0.528. The highest BCUT2D eigenvalue weighted by molar-refractivity contribution is 6.10. The third kappa shape index (κ3) is 3.94. The summed E-state index contributed by atoms with van der Waals surface area (Å²) in [5.74, 6) is -2.51. The molecule has 5 nitrogen and oxygen atoms in total. The smallest absolute Gasteiger partial charge is 0.321 e. The molecule has 0 N–H and O–H groups in total. The molecule has 4 rings (SSSR count). The standard InChI is InChI=1S/C21H16F6N4O/c1-30-11-28-29-18(30)9-17(21(25,26)27)12-4-2-5-13(8-12)31-10-15-14(19(31)32)6-3-7-16(15)20(22,23)24/h2-8,11,17H,9-10H2,1H3. The van der Waals surface area contributed by atoms with Crippen LogP contribution in [-0.4, -0.2) is 26.8 Å². The Morgan fingerprint density at radius 3 is 2.41 bits per heavy atom. The SMILES string of the molecule is Cn1cnnc1CC(c1cccc(N2Cc3c(cccc3C(F)(F)F)C2=O)c1)C(F)(F)F. The molecule has 2 aromatic carbocycles. The van der Waals surface area contributed by atoms with E-state index < -0.39 is 36.2 Å². The molecular formula is C21H16F6N4O. The lowest BCUT2D eigenvalue weighted by Crippen LogP contribution is -2.26. The van der Waals surface area contributed by atoms with Crippen LogP contribution in [0.2, 0.25) is 0 Å². The maximum Gasteiger partial charge on any atom is 0.416 e. The number of rotatable bonds is 4. The number of alkyl halides is 6. The zero-order chi connectivity index (χ0) is 23.3. The number of anilines is 1. The molecule has 168 valence electrons. The molecule has 2 heterocycles. The van der Waals surface area contributed by atoms with Gasteiger partial charge in [0, 0.05) is 24.7 Å². The van der Waals surface area contributed by atoms with Crippen LogP contribution in [-0.2, 0) is 26.2 Å². The number of hydrogen-bond donors (Lipinski definition) is 0. The van der Waals surface area contributed by atoms with Crippen molar-refractivity contribution in [3.8, 4) is 0 Å². The van der Waals surface area contributed by atoms with Gasteiger partial charge < -0.3 is 9.47 Å². The Kier molecular flexibility index (Phi) is 5.22. The van der Waals surface area contributed by atoms with E-state index in [9.17, 15) is 31.1 Å². The van der Waals surface area contributed by atoms with Crippen molar-refractivity contribution in [1.29, 1.82) is 0 Å². The van der Waals surface area contributed by atoms with E-state index in [-0.39, 0.29) is 34.7 Å². The molecule has 0 radical (unpaired) electrons. The Morgan fingerprint density at radius 1 is 1.06 bits per heavy atom. The Labute approximate surface area is 178 Å². The van der Waals surface area contributed by atoms with Crippen molar-refractivity contribution in [2.24, 2.45) is 7.05 Å². The number of fused-ring (bicyclic) bond motifs is 1. The number of benzene rings is 2. The molecule has 1 amide bonds. The van der Waals surface area contributed by atoms with Gasteiger partial charge in [-0.05, 0) is 35.4 Å². The van der Waals surface area contributed by atoms with E-state index in [4.69, 9.17) is 0 Å². The van der Waals surface area contributed by atoms with Crippen LogP contribution in [0.1, 0.15) is 38.8 Å². The summed E-state index contributed by atoms with van der Waals surface area (Å²) in [6, 6.07) is 8.51. The molecular weight excluding hydrogens is 438 g/mol. The second-order valence-corrected chi connectivity index (χ2v) is 7.47. The molecule has 11 heteroatoms. The van der Waals surface area contributed by atoms with Crippen molar-refractivity contribution in [3.05, 3.63) is 76.9 Å². The molecule has 0 spiro atoms. The Balaban J connectivity index is 1.70. The molecule has 1 atom stereocenters. The van der Waals surface area contributed by atoms with Gasteiger partial charge in [0.2, 0.25) is 0 Å². The first-order valence-corrected chi connectivity index (χ1v) is 9.47. The van der Waals surface area contributed by atoms with Crippen molar-refractivity contribution < 1.29 is 31.1 Å². The highest BCUT2D eigenvalue weighted by atomic mass is 19.4. The maximum atomic E-state index is 13.9. The fourth-order valence-electron chi connectivity index (χ4n) is 3.81. The van der Waals surface area contributed by atoms with Crippen LogP contribution in [0.3, 0.4) is 0 Å². The molecule has 0 aliphatic carbocycles. The largest absolute Gasteiger partial charge is 0.416 e. The number of nitrogens with zero attached hydrogens (tertiary/aromatic N) is 4. The molecule has 0 bridgehead atoms. The Hall–Kier alpha value is -3.37. The lowest BCUT2D eigenvalue weighted by molar-refractivity contribution is -0.150. The van der Waals surface area contributed by atoms with Crippen molar-refractivity contribution in [2.45, 2.75) is 31.2 Å². The van der Waals surface area contributed by atoms with Gasteiger partial charge in [0.1, 0.15) is 12.2 Å². The third-order valence-corrected chi connectivity index (χ3v) is 5.44. The summed E-state index contributed by atoms with van der Waals surface area (Å²) in [5.41, 5.74) is -1.28. The fourth-order valence-corrected chi connectivity index (χ4v) is 3.81. The molecule has 32 heavy (non-hydrogen) atoms. The van der Waals surface area contributed by atoms with Gasteiger partial charge >= 0.3 is 12.4 Å². The van der Waals surface area contributed by atoms with E-state index in [0.717, 1.165) is 17.0 Å². The van der Waals surface area contributed by atoms with Crippen molar-refractivity contribution in [2.75, 3.05) is 4.90 Å². The molecule has 1 unspecified atom stereocenters. The van der Waals surface area contributed by atoms with Gasteiger partial charge in [0.25, 0.3) is 5.91 Å². The topological polar surface area (TPSA) is 51.0 Å². The monoisotopic (exact) mass is 454 g/mol. The van der Waals surface area contributed by atoms with E-state index in [1.165, 1.54) is 48.3 Å². The van der Waals surface area contributed by atoms with Crippen LogP contribution in [0.4, 0.5) is 32.0 Å². The van der Waals surface area contributed by atoms with Crippen LogP contribution in [0.25, 0.3) is 0 Å². The van der Waals surface area contributed by atoms with E-state index in [1.807, 2.05) is 0 Å². The van der Waals surface area contributed by atoms with E-state index >= 15 is 0 Å². The van der Waals surface area contributed by atoms with Crippen LogP contribution in [0, 0.1) is 0 Å². The first kappa shape index (κ1) is 21.8. The minimum Gasteiger partial charge on any atom is -0.321 e. The number of carbonyl (C=O) groups excluding carboxylic acids is 1. The average molecular weight is 454 g/mol. The number of halogens is 6. The van der Waals surface area contributed by atoms with Gasteiger partial charge in [0.05, 0.1) is 18.0 Å². The average Bonchev–Trinajstić information content (AvgIpc) is 3.27. The molecule has 0 saturated heterocycles. The van der Waals surface area contributed by atoms with Crippen LogP contribution in [0.15, 0.2) is 48.8 Å². The summed E-state index contributed by atoms with van der Waals surface area (Å²) in [5, 5.41) is 7.30. The van der Waals surface area contributed by atoms with Gasteiger partial charge in [-0.1, -0.05) is 18.2 Å². The van der Waals surface area contributed by atoms with E-state index in [2.05, 4.69) is 10.2 Å². The Morgan fingerprint density at radius 2 is 1.78 bits per heavy atom. The second kappa shape index (κ2) is 7.64. The van der Waals surface area contributed by atoms with Crippen LogP contribution >= 0.6 is 0 Å². The minimum absolute atomic E-state index is 0.0871. The summed E-state index contributed by atoms with van der Waals surface area (Å²) < 4.78 is 83.0. The predicted molar refractivity (Wildman–Crippen MR) is 102 cm³/mol. The van der Waals surface area contributed by atoms with E-state index in [1.54, 1.807) is 0 Å². The first-order valence-electron chi connectivity index (χ1n) is 9.47. The van der Waals surface area contributed by atoms with Crippen molar-refractivity contribution in [1.82, 2.24) is 14.8 Å². The predicted octanol–water partition coefficient (Wildman–Crippen LogP) is 4.88. The molecule has 0 fully saturated rings. The molecule has 0 saturated carbocycles. The van der Waals surface area contributed by atoms with Gasteiger partial charge in [-0.2, -0.15) is 26.3 Å². The van der Waals surface area contributed by atoms with E-state index in [0.29, 0.717) is 0 Å². The number of amides is 1. The summed E-state index contributed by atoms with van der Waals surface area (Å²) in [6.45, 7) is -0.382. The number of aryl methyl sites for hydroxylation is 1. The molecule has 1 aliphatic rings. The molecule has 1 aromatic heterocycles. The van der Waals surface area contributed by atoms with Crippen LogP contribution < -0.4 is 4.90 Å². The van der Waals surface area contributed by atoms with Crippen molar-refractivity contribution >= 4 is 11.6 Å². The van der Waals surface area contributed by atoms with Gasteiger partial charge in [-0.25, -0.2) is 0 Å². The lowest BCUT2D eigenvalue weighted by Gasteiger charge is -2.23. The maximum absolute atomic E-state index is 13.9. The normalized spacial score (nSPS) is 15.2. The van der Waals surface area contributed by atoms with Gasteiger partial charge in [0.15, 0.2) is 0 Å². The lowest BCUT2D eigenvalue weighted by atomic mass is 9.94. The summed E-state index contributed by atoms with van der Waals surface area (Å²) in [4.78, 5) is 13.8. The molecule has 1 aliphatic heterocycles. The van der Waals surface area contributed by atoms with Gasteiger partial charge in [-0.3, -0.25) is 4.79 Å². The summed E-state index contributed by atoms with van der Waals surface area (Å²) >= 11 is 0. The first-order chi connectivity index (χ1) is 15.0. The number of carbonyl (C=O) groups is 1. The number of aromatic nitrogens is 3. The highest BCUT2D eigenvalue weighted by Crippen LogP contribution is 2.41. The second-order valence-electron chi connectivity index (χ2n) is 7.47. The fraction of sp³-hybridized carbons (Fsp3) is 0.286. The highest BCUT2D eigenvalue weighted by Gasteiger charge is 2.43. The summed E-state index contributed by atoms with van der Waals surface area (Å²) in [7, 11) is 1.53. The molecule has 3 aromatic rings. The van der Waals surface area contributed by atoms with Crippen LogP contribution in [0.5, 0.6) is 0 Å². The summed E-state index contributed by atoms with van der Waals surface area (Å²) in [6.07, 6.45) is -8.46. The zero-order valence-electron chi connectivity index (χ0n) is 16.6.